The van der Waals surface area contributed by atoms with Gasteiger partial charge in [-0.2, -0.15) is 5.10 Å². The van der Waals surface area contributed by atoms with Gasteiger partial charge >= 0.3 is 0 Å². The molecule has 1 fully saturated rings. The Balaban J connectivity index is 1.37. The highest BCUT2D eigenvalue weighted by atomic mass is 79.9. The van der Waals surface area contributed by atoms with E-state index >= 15 is 0 Å². The van der Waals surface area contributed by atoms with Gasteiger partial charge in [0, 0.05) is 29.2 Å². The van der Waals surface area contributed by atoms with Crippen LogP contribution in [0.15, 0.2) is 59.2 Å². The van der Waals surface area contributed by atoms with Gasteiger partial charge in [-0.3, -0.25) is 9.59 Å². The van der Waals surface area contributed by atoms with Crippen molar-refractivity contribution in [3.8, 4) is 5.69 Å². The fraction of sp³-hybridized carbons (Fsp3) is 0.261. The minimum absolute atomic E-state index is 0.0202. The third-order valence-electron chi connectivity index (χ3n) is 5.54. The number of nitrogens with zero attached hydrogens (tertiary/aromatic N) is 3. The fourth-order valence-electron chi connectivity index (χ4n) is 3.73. The summed E-state index contributed by atoms with van der Waals surface area (Å²) in [6, 6.07) is 13.2. The van der Waals surface area contributed by atoms with E-state index in [-0.39, 0.29) is 23.7 Å². The zero-order valence-corrected chi connectivity index (χ0v) is 18.6. The van der Waals surface area contributed by atoms with Crippen molar-refractivity contribution in [3.05, 3.63) is 81.8 Å². The lowest BCUT2D eigenvalue weighted by Crippen LogP contribution is -2.46. The topological polar surface area (TPSA) is 67.2 Å². The number of piperidine rings is 1. The summed E-state index contributed by atoms with van der Waals surface area (Å²) in [5.41, 5.74) is 2.69. The molecule has 1 aromatic heterocycles. The van der Waals surface area contributed by atoms with Crippen LogP contribution < -0.4 is 5.32 Å². The molecule has 3 aromatic rings. The smallest absolute Gasteiger partial charge is 0.257 e. The number of carbonyl (C=O) groups is 2. The van der Waals surface area contributed by atoms with Gasteiger partial charge in [0.05, 0.1) is 23.1 Å². The van der Waals surface area contributed by atoms with Crippen LogP contribution in [0.1, 0.15) is 39.3 Å². The number of aromatic nitrogens is 2. The minimum atomic E-state index is -0.373. The predicted octanol–water partition coefficient (Wildman–Crippen LogP) is 4.12. The number of halogens is 2. The van der Waals surface area contributed by atoms with Crippen molar-refractivity contribution in [3.63, 3.8) is 0 Å². The number of amides is 2. The van der Waals surface area contributed by atoms with Crippen LogP contribution in [0.25, 0.3) is 5.69 Å². The molecule has 2 heterocycles. The number of likely N-dealkylation sites (tertiary alicyclic amines) is 1. The summed E-state index contributed by atoms with van der Waals surface area (Å²) in [6.45, 7) is 2.99. The predicted molar refractivity (Wildman–Crippen MR) is 119 cm³/mol. The molecule has 2 aromatic carbocycles. The molecule has 1 N–H and O–H groups in total. The number of carbonyl (C=O) groups excluding carboxylic acids is 2. The summed E-state index contributed by atoms with van der Waals surface area (Å²) in [7, 11) is 0. The van der Waals surface area contributed by atoms with Crippen LogP contribution in [0, 0.1) is 12.7 Å². The Morgan fingerprint density at radius 2 is 1.71 bits per heavy atom. The second kappa shape index (κ2) is 9.01. The standard InChI is InChI=1S/C23H22BrFN4O2/c1-15-21(14-26-29(15)20-8-4-17(24)5-9-20)23(31)28-12-10-19(11-13-28)27-22(30)16-2-6-18(25)7-3-16/h2-9,14,19H,10-13H2,1H3,(H,27,30). The van der Waals surface area contributed by atoms with Crippen LogP contribution >= 0.6 is 15.9 Å². The summed E-state index contributed by atoms with van der Waals surface area (Å²) in [5, 5.41) is 7.37. The highest BCUT2D eigenvalue weighted by Crippen LogP contribution is 2.20. The van der Waals surface area contributed by atoms with Crippen molar-refractivity contribution in [1.29, 1.82) is 0 Å². The van der Waals surface area contributed by atoms with Gasteiger partial charge in [-0.25, -0.2) is 9.07 Å². The van der Waals surface area contributed by atoms with Crippen LogP contribution in [-0.2, 0) is 0 Å². The van der Waals surface area contributed by atoms with Gasteiger partial charge < -0.3 is 10.2 Å². The molecular formula is C23H22BrFN4O2. The first-order valence-electron chi connectivity index (χ1n) is 10.1. The third-order valence-corrected chi connectivity index (χ3v) is 6.06. The van der Waals surface area contributed by atoms with Gasteiger partial charge in [0.2, 0.25) is 0 Å². The van der Waals surface area contributed by atoms with Gasteiger partial charge in [0.1, 0.15) is 5.82 Å². The number of nitrogens with one attached hydrogen (secondary N) is 1. The molecule has 8 heteroatoms. The van der Waals surface area contributed by atoms with Crippen molar-refractivity contribution in [2.45, 2.75) is 25.8 Å². The summed E-state index contributed by atoms with van der Waals surface area (Å²) in [6.07, 6.45) is 2.94. The van der Waals surface area contributed by atoms with E-state index in [1.165, 1.54) is 24.3 Å². The molecule has 31 heavy (non-hydrogen) atoms. The van der Waals surface area contributed by atoms with E-state index in [4.69, 9.17) is 0 Å². The maximum Gasteiger partial charge on any atom is 0.257 e. The molecule has 0 radical (unpaired) electrons. The zero-order valence-electron chi connectivity index (χ0n) is 17.0. The second-order valence-corrected chi connectivity index (χ2v) is 8.49. The first-order chi connectivity index (χ1) is 14.9. The van der Waals surface area contributed by atoms with Crippen LogP contribution in [0.5, 0.6) is 0 Å². The van der Waals surface area contributed by atoms with Gasteiger partial charge in [-0.05, 0) is 68.3 Å². The maximum absolute atomic E-state index is 13.0. The van der Waals surface area contributed by atoms with Crippen molar-refractivity contribution < 1.29 is 14.0 Å². The summed E-state index contributed by atoms with van der Waals surface area (Å²) >= 11 is 3.42. The van der Waals surface area contributed by atoms with Gasteiger partial charge in [0.15, 0.2) is 0 Å². The lowest BCUT2D eigenvalue weighted by atomic mass is 10.0. The Labute approximate surface area is 188 Å². The van der Waals surface area contributed by atoms with E-state index in [9.17, 15) is 14.0 Å². The molecule has 0 unspecified atom stereocenters. The summed E-state index contributed by atoms with van der Waals surface area (Å²) in [4.78, 5) is 27.2. The lowest BCUT2D eigenvalue weighted by molar-refractivity contribution is 0.0697. The molecule has 6 nitrogen and oxygen atoms in total. The highest BCUT2D eigenvalue weighted by Gasteiger charge is 2.27. The van der Waals surface area contributed by atoms with Gasteiger partial charge in [0.25, 0.3) is 11.8 Å². The van der Waals surface area contributed by atoms with E-state index in [1.54, 1.807) is 15.8 Å². The molecule has 0 aliphatic carbocycles. The molecule has 1 aliphatic heterocycles. The molecule has 0 atom stereocenters. The number of hydrogen-bond donors (Lipinski definition) is 1. The molecular weight excluding hydrogens is 463 g/mol. The molecule has 1 aliphatic rings. The first-order valence-corrected chi connectivity index (χ1v) is 10.9. The van der Waals surface area contributed by atoms with Gasteiger partial charge in [-0.15, -0.1) is 0 Å². The van der Waals surface area contributed by atoms with Crippen molar-refractivity contribution >= 4 is 27.7 Å². The average molecular weight is 485 g/mol. The quantitative estimate of drug-likeness (QED) is 0.605. The molecule has 0 bridgehead atoms. The number of benzene rings is 2. The Hall–Kier alpha value is -3.00. The van der Waals surface area contributed by atoms with Crippen LogP contribution in [0.3, 0.4) is 0 Å². The first kappa shape index (κ1) is 21.2. The molecule has 1 saturated heterocycles. The van der Waals surface area contributed by atoms with E-state index in [0.29, 0.717) is 37.1 Å². The van der Waals surface area contributed by atoms with Crippen LogP contribution in [0.2, 0.25) is 0 Å². The van der Waals surface area contributed by atoms with Gasteiger partial charge in [-0.1, -0.05) is 15.9 Å². The van der Waals surface area contributed by atoms with E-state index < -0.39 is 0 Å². The van der Waals surface area contributed by atoms with Crippen LogP contribution in [-0.4, -0.2) is 45.6 Å². The maximum atomic E-state index is 13.0. The van der Waals surface area contributed by atoms with E-state index in [1.807, 2.05) is 31.2 Å². The summed E-state index contributed by atoms with van der Waals surface area (Å²) < 4.78 is 15.8. The molecule has 0 spiro atoms. The van der Waals surface area contributed by atoms with E-state index in [2.05, 4.69) is 26.3 Å². The molecule has 160 valence electrons. The van der Waals surface area contributed by atoms with Crippen molar-refractivity contribution in [2.75, 3.05) is 13.1 Å². The van der Waals surface area contributed by atoms with Crippen molar-refractivity contribution in [2.24, 2.45) is 0 Å². The average Bonchev–Trinajstić information content (AvgIpc) is 3.16. The SMILES string of the molecule is Cc1c(C(=O)N2CCC(NC(=O)c3ccc(F)cc3)CC2)cnn1-c1ccc(Br)cc1. The fourth-order valence-corrected chi connectivity index (χ4v) is 3.99. The number of rotatable bonds is 4. The summed E-state index contributed by atoms with van der Waals surface area (Å²) in [5.74, 6) is -0.650. The Morgan fingerprint density at radius 3 is 2.35 bits per heavy atom. The molecule has 0 saturated carbocycles. The Kier molecular flexibility index (Phi) is 6.18. The highest BCUT2D eigenvalue weighted by molar-refractivity contribution is 9.10. The monoisotopic (exact) mass is 484 g/mol. The Morgan fingerprint density at radius 1 is 1.06 bits per heavy atom. The third kappa shape index (κ3) is 4.69. The van der Waals surface area contributed by atoms with Crippen LogP contribution in [0.4, 0.5) is 4.39 Å². The molecule has 4 rings (SSSR count). The van der Waals surface area contributed by atoms with E-state index in [0.717, 1.165) is 15.9 Å². The normalized spacial score (nSPS) is 14.5. The largest absolute Gasteiger partial charge is 0.349 e. The second-order valence-electron chi connectivity index (χ2n) is 7.58. The van der Waals surface area contributed by atoms with Crippen molar-refractivity contribution in [1.82, 2.24) is 20.0 Å². The lowest BCUT2D eigenvalue weighted by Gasteiger charge is -2.32. The number of hydrogen-bond acceptors (Lipinski definition) is 3. The minimum Gasteiger partial charge on any atom is -0.349 e. The zero-order chi connectivity index (χ0) is 22.0. The molecule has 2 amide bonds. The Bertz CT molecular complexity index is 1090.